The van der Waals surface area contributed by atoms with Gasteiger partial charge in [0.2, 0.25) is 0 Å². The minimum Gasteiger partial charge on any atom is -0.395 e. The summed E-state index contributed by atoms with van der Waals surface area (Å²) in [6, 6.07) is 0. The van der Waals surface area contributed by atoms with Crippen molar-refractivity contribution in [2.45, 2.75) is 26.7 Å². The van der Waals surface area contributed by atoms with Crippen LogP contribution < -0.4 is 5.32 Å². The van der Waals surface area contributed by atoms with Crippen molar-refractivity contribution in [1.29, 1.82) is 0 Å². The van der Waals surface area contributed by atoms with Gasteiger partial charge >= 0.3 is 0 Å². The van der Waals surface area contributed by atoms with Crippen LogP contribution in [0.1, 0.15) is 26.7 Å². The summed E-state index contributed by atoms with van der Waals surface area (Å²) >= 11 is 5.20. The molecule has 13 heavy (non-hydrogen) atoms. The Morgan fingerprint density at radius 1 is 1.54 bits per heavy atom. The van der Waals surface area contributed by atoms with Crippen molar-refractivity contribution in [1.82, 2.24) is 5.32 Å². The molecule has 1 aliphatic carbocycles. The number of allylic oxidation sites excluding steroid dienone is 2. The van der Waals surface area contributed by atoms with Gasteiger partial charge in [-0.3, -0.25) is 0 Å². The fourth-order valence-corrected chi connectivity index (χ4v) is 2.21. The molecule has 0 fully saturated rings. The molecule has 0 saturated heterocycles. The zero-order valence-electron chi connectivity index (χ0n) is 8.26. The summed E-state index contributed by atoms with van der Waals surface area (Å²) < 4.78 is 0. The molecule has 2 nitrogen and oxygen atoms in total. The van der Waals surface area contributed by atoms with E-state index >= 15 is 0 Å². The quantitative estimate of drug-likeness (QED) is 0.678. The number of aliphatic hydroxyl groups excluding tert-OH is 1. The lowest BCUT2D eigenvalue weighted by atomic mass is 9.79. The summed E-state index contributed by atoms with van der Waals surface area (Å²) in [5.74, 6) is 0. The topological polar surface area (TPSA) is 32.3 Å². The second-order valence-electron chi connectivity index (χ2n) is 4.30. The van der Waals surface area contributed by atoms with Crippen LogP contribution in [0.2, 0.25) is 0 Å². The number of hydrogen-bond donors (Lipinski definition) is 2. The van der Waals surface area contributed by atoms with Crippen LogP contribution in [0.5, 0.6) is 0 Å². The Morgan fingerprint density at radius 2 is 2.23 bits per heavy atom. The van der Waals surface area contributed by atoms with E-state index in [1.165, 1.54) is 0 Å². The minimum atomic E-state index is 0.171. The second kappa shape index (κ2) is 4.20. The molecule has 0 aliphatic heterocycles. The SMILES string of the molecule is CC1(C)CC(=S)C=C(NCCO)C1. The van der Waals surface area contributed by atoms with Crippen LogP contribution in [0.3, 0.4) is 0 Å². The van der Waals surface area contributed by atoms with Crippen molar-refractivity contribution in [3.8, 4) is 0 Å². The summed E-state index contributed by atoms with van der Waals surface area (Å²) in [4.78, 5) is 1.01. The number of hydrogen-bond acceptors (Lipinski definition) is 3. The van der Waals surface area contributed by atoms with E-state index < -0.39 is 0 Å². The molecule has 0 aromatic heterocycles. The highest BCUT2D eigenvalue weighted by molar-refractivity contribution is 7.80. The van der Waals surface area contributed by atoms with Gasteiger partial charge in [-0.1, -0.05) is 26.1 Å². The lowest BCUT2D eigenvalue weighted by Gasteiger charge is -2.30. The van der Waals surface area contributed by atoms with Crippen LogP contribution in [0.15, 0.2) is 11.8 Å². The van der Waals surface area contributed by atoms with Crippen molar-refractivity contribution in [2.24, 2.45) is 5.41 Å². The van der Waals surface area contributed by atoms with Crippen LogP contribution in [-0.4, -0.2) is 23.1 Å². The molecule has 0 heterocycles. The van der Waals surface area contributed by atoms with Crippen LogP contribution in [-0.2, 0) is 0 Å². The Morgan fingerprint density at radius 3 is 2.77 bits per heavy atom. The van der Waals surface area contributed by atoms with Crippen LogP contribution >= 0.6 is 12.2 Å². The fraction of sp³-hybridized carbons (Fsp3) is 0.700. The molecule has 0 aromatic carbocycles. The molecule has 3 heteroatoms. The molecule has 1 aliphatic rings. The van der Waals surface area contributed by atoms with Crippen LogP contribution in [0.25, 0.3) is 0 Å². The van der Waals surface area contributed by atoms with Crippen molar-refractivity contribution in [3.05, 3.63) is 11.8 Å². The lowest BCUT2D eigenvalue weighted by Crippen LogP contribution is -2.28. The molecule has 1 rings (SSSR count). The molecule has 0 amide bonds. The third kappa shape index (κ3) is 3.44. The Balaban J connectivity index is 2.59. The average Bonchev–Trinajstić information content (AvgIpc) is 1.97. The molecule has 0 saturated carbocycles. The molecule has 0 unspecified atom stereocenters. The first-order chi connectivity index (χ1) is 6.03. The van der Waals surface area contributed by atoms with Gasteiger partial charge in [-0.15, -0.1) is 0 Å². The molecule has 0 radical (unpaired) electrons. The highest BCUT2D eigenvalue weighted by Crippen LogP contribution is 2.32. The normalized spacial score (nSPS) is 21.2. The smallest absolute Gasteiger partial charge is 0.0603 e. The Kier molecular flexibility index (Phi) is 3.45. The largest absolute Gasteiger partial charge is 0.395 e. The van der Waals surface area contributed by atoms with Crippen molar-refractivity contribution in [3.63, 3.8) is 0 Å². The molecule has 74 valence electrons. The molecular formula is C10H17NOS. The van der Waals surface area contributed by atoms with Gasteiger partial charge in [-0.25, -0.2) is 0 Å². The van der Waals surface area contributed by atoms with Gasteiger partial charge in [0.05, 0.1) is 6.61 Å². The Bertz CT molecular complexity index is 233. The van der Waals surface area contributed by atoms with Gasteiger partial charge in [0.25, 0.3) is 0 Å². The Hall–Kier alpha value is -0.410. The predicted molar refractivity (Wildman–Crippen MR) is 58.8 cm³/mol. The van der Waals surface area contributed by atoms with E-state index in [0.29, 0.717) is 6.54 Å². The van der Waals surface area contributed by atoms with Gasteiger partial charge in [0, 0.05) is 17.1 Å². The number of aliphatic hydroxyl groups is 1. The highest BCUT2D eigenvalue weighted by atomic mass is 32.1. The fourth-order valence-electron chi connectivity index (χ4n) is 1.68. The maximum absolute atomic E-state index is 8.67. The van der Waals surface area contributed by atoms with E-state index in [1.807, 2.05) is 6.08 Å². The Labute approximate surface area is 85.0 Å². The molecule has 0 spiro atoms. The third-order valence-electron chi connectivity index (χ3n) is 2.12. The van der Waals surface area contributed by atoms with Crippen LogP contribution in [0, 0.1) is 5.41 Å². The third-order valence-corrected chi connectivity index (χ3v) is 2.38. The van der Waals surface area contributed by atoms with E-state index in [-0.39, 0.29) is 12.0 Å². The molecule has 2 N–H and O–H groups in total. The van der Waals surface area contributed by atoms with Crippen molar-refractivity contribution < 1.29 is 5.11 Å². The molecule has 0 atom stereocenters. The van der Waals surface area contributed by atoms with E-state index in [4.69, 9.17) is 17.3 Å². The highest BCUT2D eigenvalue weighted by Gasteiger charge is 2.25. The van der Waals surface area contributed by atoms with Crippen molar-refractivity contribution in [2.75, 3.05) is 13.2 Å². The monoisotopic (exact) mass is 199 g/mol. The summed E-state index contributed by atoms with van der Waals surface area (Å²) in [5.41, 5.74) is 1.43. The van der Waals surface area contributed by atoms with Crippen molar-refractivity contribution >= 4 is 17.1 Å². The number of rotatable bonds is 3. The average molecular weight is 199 g/mol. The van der Waals surface area contributed by atoms with E-state index in [1.54, 1.807) is 0 Å². The summed E-state index contributed by atoms with van der Waals surface area (Å²) in [7, 11) is 0. The van der Waals surface area contributed by atoms with Gasteiger partial charge in [-0.2, -0.15) is 0 Å². The summed E-state index contributed by atoms with van der Waals surface area (Å²) in [5, 5.41) is 11.9. The van der Waals surface area contributed by atoms with Gasteiger partial charge in [-0.05, 0) is 24.3 Å². The molecule has 0 aromatic rings. The lowest BCUT2D eigenvalue weighted by molar-refractivity contribution is 0.291. The molecular weight excluding hydrogens is 182 g/mol. The zero-order chi connectivity index (χ0) is 9.90. The van der Waals surface area contributed by atoms with Gasteiger partial charge in [0.1, 0.15) is 0 Å². The maximum atomic E-state index is 8.67. The summed E-state index contributed by atoms with van der Waals surface area (Å²) in [6.07, 6.45) is 4.04. The molecule has 0 bridgehead atoms. The minimum absolute atomic E-state index is 0.171. The predicted octanol–water partition coefficient (Wildman–Crippen LogP) is 1.64. The standard InChI is InChI=1S/C10H17NOS/c1-10(2)6-8(11-3-4-12)5-9(13)7-10/h5,11-12H,3-4,6-7H2,1-2H3. The van der Waals surface area contributed by atoms with E-state index in [9.17, 15) is 0 Å². The summed E-state index contributed by atoms with van der Waals surface area (Å²) in [6.45, 7) is 5.22. The second-order valence-corrected chi connectivity index (χ2v) is 4.83. The number of thiocarbonyl (C=S) groups is 1. The van der Waals surface area contributed by atoms with E-state index in [0.717, 1.165) is 23.4 Å². The zero-order valence-corrected chi connectivity index (χ0v) is 9.08. The number of nitrogens with one attached hydrogen (secondary N) is 1. The van der Waals surface area contributed by atoms with Gasteiger partial charge in [0.15, 0.2) is 0 Å². The first kappa shape index (κ1) is 10.7. The first-order valence-electron chi connectivity index (χ1n) is 4.62. The van der Waals surface area contributed by atoms with Gasteiger partial charge < -0.3 is 10.4 Å². The maximum Gasteiger partial charge on any atom is 0.0603 e. The van der Waals surface area contributed by atoms with Crippen LogP contribution in [0.4, 0.5) is 0 Å². The van der Waals surface area contributed by atoms with E-state index in [2.05, 4.69) is 19.2 Å². The first-order valence-corrected chi connectivity index (χ1v) is 5.02.